The van der Waals surface area contributed by atoms with E-state index in [1.807, 2.05) is 24.3 Å². The number of nitrogens with zero attached hydrogens (tertiary/aromatic N) is 1. The molecule has 0 unspecified atom stereocenters. The molecule has 1 saturated carbocycles. The molecule has 5 heteroatoms. The normalized spacial score (nSPS) is 21.0. The summed E-state index contributed by atoms with van der Waals surface area (Å²) in [6.07, 6.45) is 4.91. The van der Waals surface area contributed by atoms with Gasteiger partial charge in [-0.25, -0.2) is 0 Å². The molecular weight excluding hydrogens is 308 g/mol. The lowest BCUT2D eigenvalue weighted by atomic mass is 10.1. The number of benzene rings is 1. The molecule has 0 aromatic heterocycles. The summed E-state index contributed by atoms with van der Waals surface area (Å²) in [5.41, 5.74) is 0.856. The third kappa shape index (κ3) is 3.89. The van der Waals surface area contributed by atoms with Crippen LogP contribution < -0.4 is 10.2 Å². The van der Waals surface area contributed by atoms with Crippen LogP contribution in [-0.2, 0) is 9.59 Å². The largest absolute Gasteiger partial charge is 0.352 e. The van der Waals surface area contributed by atoms with E-state index in [1.54, 1.807) is 16.7 Å². The summed E-state index contributed by atoms with van der Waals surface area (Å²) in [5.74, 6) is -0.0289. The van der Waals surface area contributed by atoms with Gasteiger partial charge in [-0.3, -0.25) is 9.59 Å². The molecule has 1 fully saturated rings. The summed E-state index contributed by atoms with van der Waals surface area (Å²) in [5, 5.41) is 3.08. The van der Waals surface area contributed by atoms with Crippen molar-refractivity contribution >= 4 is 29.3 Å². The number of hydrogen-bond donors (Lipinski definition) is 1. The second-order valence-electron chi connectivity index (χ2n) is 7.04. The van der Waals surface area contributed by atoms with Gasteiger partial charge in [0.1, 0.15) is 6.54 Å². The second kappa shape index (κ2) is 6.56. The maximum Gasteiger partial charge on any atom is 0.240 e. The third-order valence-electron chi connectivity index (χ3n) is 4.44. The molecule has 3 rings (SSSR count). The Balaban J connectivity index is 1.79. The lowest BCUT2D eigenvalue weighted by Gasteiger charge is -2.23. The zero-order valence-electron chi connectivity index (χ0n) is 13.8. The van der Waals surface area contributed by atoms with E-state index >= 15 is 0 Å². The number of carbonyl (C=O) groups is 2. The zero-order valence-corrected chi connectivity index (χ0v) is 14.6. The molecule has 124 valence electrons. The van der Waals surface area contributed by atoms with Crippen molar-refractivity contribution in [3.63, 3.8) is 0 Å². The maximum atomic E-state index is 12.7. The number of hydrogen-bond acceptors (Lipinski definition) is 3. The minimum absolute atomic E-state index is 0.0222. The van der Waals surface area contributed by atoms with E-state index in [0.717, 1.165) is 23.4 Å². The SMILES string of the molecule is CC1(C)CC(=O)N(CC(=O)NC2CCCC2)c2ccccc2S1. The first kappa shape index (κ1) is 16.4. The van der Waals surface area contributed by atoms with Gasteiger partial charge in [0.15, 0.2) is 0 Å². The van der Waals surface area contributed by atoms with E-state index in [1.165, 1.54) is 12.8 Å². The predicted molar refractivity (Wildman–Crippen MR) is 93.7 cm³/mol. The van der Waals surface area contributed by atoms with Crippen molar-refractivity contribution in [1.82, 2.24) is 5.32 Å². The van der Waals surface area contributed by atoms with Gasteiger partial charge in [-0.2, -0.15) is 0 Å². The van der Waals surface area contributed by atoms with Crippen molar-refractivity contribution < 1.29 is 9.59 Å². The van der Waals surface area contributed by atoms with Crippen LogP contribution >= 0.6 is 11.8 Å². The highest BCUT2D eigenvalue weighted by atomic mass is 32.2. The Labute approximate surface area is 142 Å². The molecule has 1 heterocycles. The fourth-order valence-electron chi connectivity index (χ4n) is 3.35. The number of rotatable bonds is 3. The Hall–Kier alpha value is -1.49. The number of carbonyl (C=O) groups excluding carboxylic acids is 2. The van der Waals surface area contributed by atoms with E-state index in [2.05, 4.69) is 19.2 Å². The molecule has 1 N–H and O–H groups in total. The van der Waals surface area contributed by atoms with Crippen LogP contribution in [0.3, 0.4) is 0 Å². The first-order chi connectivity index (χ1) is 10.9. The van der Waals surface area contributed by atoms with Crippen molar-refractivity contribution in [3.05, 3.63) is 24.3 Å². The quantitative estimate of drug-likeness (QED) is 0.923. The fourth-order valence-corrected chi connectivity index (χ4v) is 4.57. The smallest absolute Gasteiger partial charge is 0.240 e. The van der Waals surface area contributed by atoms with Gasteiger partial charge in [-0.05, 0) is 38.8 Å². The molecule has 4 nitrogen and oxygen atoms in total. The van der Waals surface area contributed by atoms with Crippen molar-refractivity contribution in [2.75, 3.05) is 11.4 Å². The summed E-state index contributed by atoms with van der Waals surface area (Å²) < 4.78 is -0.163. The van der Waals surface area contributed by atoms with Gasteiger partial charge in [0.25, 0.3) is 0 Å². The Bertz CT molecular complexity index is 609. The standard InChI is InChI=1S/C18H24N2O2S/c1-18(2)11-17(22)20(14-9-5-6-10-15(14)23-18)12-16(21)19-13-7-3-4-8-13/h5-6,9-10,13H,3-4,7-8,11-12H2,1-2H3,(H,19,21). The molecule has 23 heavy (non-hydrogen) atoms. The van der Waals surface area contributed by atoms with E-state index in [4.69, 9.17) is 0 Å². The summed E-state index contributed by atoms with van der Waals surface area (Å²) >= 11 is 1.71. The zero-order chi connectivity index (χ0) is 16.4. The minimum Gasteiger partial charge on any atom is -0.352 e. The number of anilines is 1. The lowest BCUT2D eigenvalue weighted by Crippen LogP contribution is -2.44. The molecular formula is C18H24N2O2S. The summed E-state index contributed by atoms with van der Waals surface area (Å²) in [6, 6.07) is 8.15. The summed E-state index contributed by atoms with van der Waals surface area (Å²) in [6.45, 7) is 4.27. The van der Waals surface area contributed by atoms with Crippen molar-refractivity contribution in [2.45, 2.75) is 61.6 Å². The van der Waals surface area contributed by atoms with Gasteiger partial charge in [0, 0.05) is 22.1 Å². The lowest BCUT2D eigenvalue weighted by molar-refractivity contribution is -0.124. The number of amides is 2. The third-order valence-corrected chi connectivity index (χ3v) is 5.70. The highest BCUT2D eigenvalue weighted by Gasteiger charge is 2.34. The highest BCUT2D eigenvalue weighted by molar-refractivity contribution is 8.00. The maximum absolute atomic E-state index is 12.7. The van der Waals surface area contributed by atoms with Gasteiger partial charge in [0.05, 0.1) is 5.69 Å². The van der Waals surface area contributed by atoms with E-state index in [9.17, 15) is 9.59 Å². The van der Waals surface area contributed by atoms with Gasteiger partial charge >= 0.3 is 0 Å². The van der Waals surface area contributed by atoms with E-state index in [0.29, 0.717) is 6.42 Å². The van der Waals surface area contributed by atoms with Crippen LogP contribution in [0.4, 0.5) is 5.69 Å². The number of nitrogens with one attached hydrogen (secondary N) is 1. The first-order valence-corrected chi connectivity index (χ1v) is 9.14. The molecule has 1 aliphatic carbocycles. The van der Waals surface area contributed by atoms with Crippen LogP contribution in [0.5, 0.6) is 0 Å². The summed E-state index contributed by atoms with van der Waals surface area (Å²) in [4.78, 5) is 27.8. The van der Waals surface area contributed by atoms with Crippen molar-refractivity contribution in [2.24, 2.45) is 0 Å². The van der Waals surface area contributed by atoms with Gasteiger partial charge in [-0.1, -0.05) is 25.0 Å². The van der Waals surface area contributed by atoms with Gasteiger partial charge < -0.3 is 10.2 Å². The number of fused-ring (bicyclic) bond motifs is 1. The fraction of sp³-hybridized carbons (Fsp3) is 0.556. The average molecular weight is 332 g/mol. The van der Waals surface area contributed by atoms with E-state index in [-0.39, 0.29) is 29.1 Å². The number of para-hydroxylation sites is 1. The van der Waals surface area contributed by atoms with Gasteiger partial charge in [0.2, 0.25) is 11.8 Å². The Morgan fingerprint density at radius 1 is 1.30 bits per heavy atom. The molecule has 0 bridgehead atoms. The molecule has 2 aliphatic rings. The predicted octanol–water partition coefficient (Wildman–Crippen LogP) is 3.35. The molecule has 1 aromatic rings. The Morgan fingerprint density at radius 2 is 2.00 bits per heavy atom. The Morgan fingerprint density at radius 3 is 2.74 bits per heavy atom. The average Bonchev–Trinajstić information content (AvgIpc) is 2.94. The van der Waals surface area contributed by atoms with Gasteiger partial charge in [-0.15, -0.1) is 11.8 Å². The molecule has 2 amide bonds. The number of thioether (sulfide) groups is 1. The van der Waals surface area contributed by atoms with Crippen LogP contribution in [0.2, 0.25) is 0 Å². The van der Waals surface area contributed by atoms with Crippen LogP contribution in [0.1, 0.15) is 46.0 Å². The first-order valence-electron chi connectivity index (χ1n) is 8.32. The highest BCUT2D eigenvalue weighted by Crippen LogP contribution is 2.43. The molecule has 0 radical (unpaired) electrons. The molecule has 1 aromatic carbocycles. The van der Waals surface area contributed by atoms with Crippen LogP contribution in [-0.4, -0.2) is 29.1 Å². The molecule has 0 saturated heterocycles. The van der Waals surface area contributed by atoms with Crippen molar-refractivity contribution in [3.8, 4) is 0 Å². The topological polar surface area (TPSA) is 49.4 Å². The van der Waals surface area contributed by atoms with Crippen LogP contribution in [0.15, 0.2) is 29.2 Å². The second-order valence-corrected chi connectivity index (χ2v) is 8.78. The van der Waals surface area contributed by atoms with Crippen LogP contribution in [0.25, 0.3) is 0 Å². The molecule has 0 spiro atoms. The molecule has 0 atom stereocenters. The monoisotopic (exact) mass is 332 g/mol. The molecule has 1 aliphatic heterocycles. The summed E-state index contributed by atoms with van der Waals surface area (Å²) in [7, 11) is 0. The van der Waals surface area contributed by atoms with Crippen LogP contribution in [0, 0.1) is 0 Å². The minimum atomic E-state index is -0.163. The van der Waals surface area contributed by atoms with E-state index < -0.39 is 0 Å². The Kier molecular flexibility index (Phi) is 4.67. The van der Waals surface area contributed by atoms with Crippen molar-refractivity contribution in [1.29, 1.82) is 0 Å².